The van der Waals surface area contributed by atoms with E-state index in [9.17, 15) is 13.0 Å². The summed E-state index contributed by atoms with van der Waals surface area (Å²) in [5, 5.41) is 26.7. The van der Waals surface area contributed by atoms with E-state index in [2.05, 4.69) is 30.7 Å². The molecule has 5 N–H and O–H groups in total. The van der Waals surface area contributed by atoms with Gasteiger partial charge in [0.15, 0.2) is 0 Å². The van der Waals surface area contributed by atoms with Crippen LogP contribution in [0.25, 0.3) is 10.8 Å². The first-order valence-electron chi connectivity index (χ1n) is 12.3. The van der Waals surface area contributed by atoms with Gasteiger partial charge in [-0.25, -0.2) is 0 Å². The number of nitrogens with zero attached hydrogens (tertiary/aromatic N) is 6. The van der Waals surface area contributed by atoms with E-state index in [0.29, 0.717) is 50.6 Å². The van der Waals surface area contributed by atoms with Gasteiger partial charge in [0.1, 0.15) is 5.69 Å². The molecule has 0 unspecified atom stereocenters. The highest BCUT2D eigenvalue weighted by Crippen LogP contribution is 2.37. The maximum Gasteiger partial charge on any atom is 0.294 e. The Kier molecular flexibility index (Phi) is 7.59. The van der Waals surface area contributed by atoms with Crippen LogP contribution in [0.5, 0.6) is 0 Å². The van der Waals surface area contributed by atoms with Crippen molar-refractivity contribution in [3.05, 3.63) is 103 Å². The van der Waals surface area contributed by atoms with E-state index in [4.69, 9.17) is 11.5 Å². The first-order valence-corrected chi connectivity index (χ1v) is 13.7. The Morgan fingerprint density at radius 3 is 1.90 bits per heavy atom. The number of anilines is 2. The topological polar surface area (TPSA) is 181 Å². The fourth-order valence-electron chi connectivity index (χ4n) is 3.93. The third-order valence-electron chi connectivity index (χ3n) is 6.04. The van der Waals surface area contributed by atoms with E-state index in [1.807, 2.05) is 43.3 Å². The van der Waals surface area contributed by atoms with E-state index >= 15 is 0 Å². The molecule has 0 aromatic heterocycles. The highest BCUT2D eigenvalue weighted by Gasteiger charge is 2.14. The lowest BCUT2D eigenvalue weighted by atomic mass is 10.1. The van der Waals surface area contributed by atoms with Crippen molar-refractivity contribution in [3.63, 3.8) is 0 Å². The summed E-state index contributed by atoms with van der Waals surface area (Å²) in [6, 6.07) is 27.1. The Morgan fingerprint density at radius 1 is 0.585 bits per heavy atom. The van der Waals surface area contributed by atoms with Crippen LogP contribution in [0.2, 0.25) is 0 Å². The number of nitrogens with two attached hydrogens (primary N) is 2. The van der Waals surface area contributed by atoms with Crippen LogP contribution in [0, 0.1) is 6.92 Å². The highest BCUT2D eigenvalue weighted by atomic mass is 32.2. The second-order valence-corrected chi connectivity index (χ2v) is 10.4. The minimum atomic E-state index is -4.47. The van der Waals surface area contributed by atoms with Gasteiger partial charge in [0.25, 0.3) is 10.1 Å². The van der Waals surface area contributed by atoms with Crippen LogP contribution in [-0.2, 0) is 10.1 Å². The van der Waals surface area contributed by atoms with Crippen LogP contribution >= 0.6 is 0 Å². The number of rotatable bonds is 7. The van der Waals surface area contributed by atoms with Crippen LogP contribution in [0.1, 0.15) is 5.56 Å². The van der Waals surface area contributed by atoms with E-state index in [1.165, 1.54) is 18.2 Å². The second-order valence-electron chi connectivity index (χ2n) is 9.01. The van der Waals surface area contributed by atoms with Crippen molar-refractivity contribution in [3.8, 4) is 0 Å². The molecular formula is C29H24N8O3S. The summed E-state index contributed by atoms with van der Waals surface area (Å²) in [4.78, 5) is -0.290. The lowest BCUT2D eigenvalue weighted by Gasteiger charge is -2.07. The number of nitrogen functional groups attached to an aromatic ring is 2. The number of hydrogen-bond acceptors (Lipinski definition) is 10. The fraction of sp³-hybridized carbons (Fsp3) is 0.0345. The number of azo groups is 3. The Morgan fingerprint density at radius 2 is 1.20 bits per heavy atom. The van der Waals surface area contributed by atoms with Gasteiger partial charge in [0, 0.05) is 16.5 Å². The van der Waals surface area contributed by atoms with Crippen molar-refractivity contribution in [1.82, 2.24) is 0 Å². The molecule has 0 saturated carbocycles. The molecule has 5 rings (SSSR count). The standard InChI is InChI=1S/C29H24N8O3S/c1-18-15-21(8-12-26(18)34-32-20-5-3-2-4-6-20)33-35-28-14-13-27(36-37-29-11-7-19(30)16-25(29)31)23-10-9-22(17-24(23)28)41(38,39)40/h2-17H,30-31H2,1H3,(H,38,39,40). The van der Waals surface area contributed by atoms with Crippen molar-refractivity contribution in [2.45, 2.75) is 11.8 Å². The molecule has 5 aromatic rings. The van der Waals surface area contributed by atoms with Crippen LogP contribution in [0.3, 0.4) is 0 Å². The van der Waals surface area contributed by atoms with E-state index in [0.717, 1.165) is 11.3 Å². The van der Waals surface area contributed by atoms with Gasteiger partial charge in [-0.05, 0) is 85.3 Å². The molecule has 0 aliphatic carbocycles. The second kappa shape index (κ2) is 11.4. The summed E-state index contributed by atoms with van der Waals surface area (Å²) in [5.41, 5.74) is 16.6. The quantitative estimate of drug-likeness (QED) is 0.101. The normalized spacial score (nSPS) is 12.2. The zero-order valence-corrected chi connectivity index (χ0v) is 22.6. The predicted octanol–water partition coefficient (Wildman–Crippen LogP) is 8.81. The average Bonchev–Trinajstić information content (AvgIpc) is 2.95. The first-order chi connectivity index (χ1) is 19.7. The van der Waals surface area contributed by atoms with Crippen molar-refractivity contribution < 1.29 is 13.0 Å². The summed E-state index contributed by atoms with van der Waals surface area (Å²) >= 11 is 0. The van der Waals surface area contributed by atoms with Crippen LogP contribution in [0.15, 0.2) is 133 Å². The van der Waals surface area contributed by atoms with Crippen LogP contribution in [-0.4, -0.2) is 13.0 Å². The van der Waals surface area contributed by atoms with Crippen LogP contribution < -0.4 is 11.5 Å². The molecule has 0 saturated heterocycles. The first kappa shape index (κ1) is 27.2. The summed E-state index contributed by atoms with van der Waals surface area (Å²) in [6.45, 7) is 1.89. The Labute approximate surface area is 235 Å². The van der Waals surface area contributed by atoms with Gasteiger partial charge < -0.3 is 11.5 Å². The van der Waals surface area contributed by atoms with Gasteiger partial charge >= 0.3 is 0 Å². The predicted molar refractivity (Wildman–Crippen MR) is 159 cm³/mol. The molecule has 0 spiro atoms. The van der Waals surface area contributed by atoms with Gasteiger partial charge in [-0.2, -0.15) is 23.8 Å². The van der Waals surface area contributed by atoms with E-state index in [1.54, 1.807) is 42.5 Å². The minimum absolute atomic E-state index is 0.290. The molecule has 5 aromatic carbocycles. The van der Waals surface area contributed by atoms with Gasteiger partial charge in [0.2, 0.25) is 0 Å². The van der Waals surface area contributed by atoms with Gasteiger partial charge in [-0.3, -0.25) is 4.55 Å². The van der Waals surface area contributed by atoms with Crippen molar-refractivity contribution in [2.75, 3.05) is 11.5 Å². The summed E-state index contributed by atoms with van der Waals surface area (Å²) in [6.07, 6.45) is 0. The maximum atomic E-state index is 11.9. The Bertz CT molecular complexity index is 1960. The lowest BCUT2D eigenvalue weighted by molar-refractivity contribution is 0.483. The van der Waals surface area contributed by atoms with Gasteiger partial charge in [-0.15, -0.1) is 15.3 Å². The number of aryl methyl sites for hydroxylation is 1. The number of fused-ring (bicyclic) bond motifs is 1. The van der Waals surface area contributed by atoms with E-state index < -0.39 is 10.1 Å². The molecule has 0 radical (unpaired) electrons. The molecule has 12 heteroatoms. The molecular weight excluding hydrogens is 540 g/mol. The largest absolute Gasteiger partial charge is 0.399 e. The third-order valence-corrected chi connectivity index (χ3v) is 6.89. The molecule has 0 atom stereocenters. The Balaban J connectivity index is 1.49. The molecule has 204 valence electrons. The zero-order valence-electron chi connectivity index (χ0n) is 21.7. The third kappa shape index (κ3) is 6.46. The van der Waals surface area contributed by atoms with Crippen molar-refractivity contribution in [2.24, 2.45) is 30.7 Å². The zero-order chi connectivity index (χ0) is 29.0. The molecule has 0 aliphatic rings. The minimum Gasteiger partial charge on any atom is -0.399 e. The molecule has 0 heterocycles. The summed E-state index contributed by atoms with van der Waals surface area (Å²) in [7, 11) is -4.47. The van der Waals surface area contributed by atoms with Crippen molar-refractivity contribution >= 4 is 66.4 Å². The van der Waals surface area contributed by atoms with Crippen LogP contribution in [0.4, 0.5) is 45.5 Å². The molecule has 11 nitrogen and oxygen atoms in total. The molecule has 0 amide bonds. The van der Waals surface area contributed by atoms with Gasteiger partial charge in [0.05, 0.1) is 39.0 Å². The molecule has 0 aliphatic heterocycles. The average molecular weight is 565 g/mol. The number of hydrogen-bond donors (Lipinski definition) is 3. The number of benzene rings is 5. The Hall–Kier alpha value is -5.33. The maximum absolute atomic E-state index is 11.9. The smallest absolute Gasteiger partial charge is 0.294 e. The monoisotopic (exact) mass is 564 g/mol. The molecule has 0 bridgehead atoms. The SMILES string of the molecule is Cc1cc(N=Nc2ccc(N=Nc3ccc(N)cc3N)c3ccc(S(=O)(=O)O)cc23)ccc1N=Nc1ccccc1. The fourth-order valence-corrected chi connectivity index (χ4v) is 4.44. The highest BCUT2D eigenvalue weighted by molar-refractivity contribution is 7.85. The van der Waals surface area contributed by atoms with Crippen molar-refractivity contribution in [1.29, 1.82) is 0 Å². The summed E-state index contributed by atoms with van der Waals surface area (Å²) in [5.74, 6) is 0. The summed E-state index contributed by atoms with van der Waals surface area (Å²) < 4.78 is 33.3. The van der Waals surface area contributed by atoms with E-state index in [-0.39, 0.29) is 4.90 Å². The van der Waals surface area contributed by atoms with Gasteiger partial charge in [-0.1, -0.05) is 24.3 Å². The molecule has 0 fully saturated rings. The molecule has 41 heavy (non-hydrogen) atoms. The lowest BCUT2D eigenvalue weighted by Crippen LogP contribution is -1.97.